The van der Waals surface area contributed by atoms with Crippen molar-refractivity contribution in [2.75, 3.05) is 6.26 Å². The van der Waals surface area contributed by atoms with Crippen molar-refractivity contribution >= 4 is 23.4 Å². The molecule has 1 aromatic rings. The lowest BCUT2D eigenvalue weighted by atomic mass is 10.2. The van der Waals surface area contributed by atoms with Crippen LogP contribution in [0, 0.1) is 5.82 Å². The molecule has 1 aromatic carbocycles. The van der Waals surface area contributed by atoms with Crippen molar-refractivity contribution in [2.24, 2.45) is 0 Å². The number of hydrogen-bond donors (Lipinski definition) is 1. The summed E-state index contributed by atoms with van der Waals surface area (Å²) < 4.78 is 13.2. The van der Waals surface area contributed by atoms with Crippen LogP contribution >= 0.6 is 23.4 Å². The van der Waals surface area contributed by atoms with Crippen LogP contribution < -0.4 is 5.32 Å². The predicted octanol–water partition coefficient (Wildman–Crippen LogP) is 3.85. The smallest absolute Gasteiger partial charge is 0.142 e. The normalized spacial score (nSPS) is 24.2. The molecule has 1 aliphatic rings. The van der Waals surface area contributed by atoms with Crippen molar-refractivity contribution in [1.82, 2.24) is 5.32 Å². The molecule has 94 valence electrons. The summed E-state index contributed by atoms with van der Waals surface area (Å²) in [6.07, 6.45) is 5.90. The van der Waals surface area contributed by atoms with Gasteiger partial charge in [-0.15, -0.1) is 0 Å². The SMILES string of the molecule is CSC1CCC(NCc2ccc(Cl)c(F)c2)C1. The van der Waals surface area contributed by atoms with Gasteiger partial charge in [-0.3, -0.25) is 0 Å². The van der Waals surface area contributed by atoms with Crippen LogP contribution in [0.25, 0.3) is 0 Å². The molecule has 0 aromatic heterocycles. The van der Waals surface area contributed by atoms with E-state index < -0.39 is 0 Å². The van der Waals surface area contributed by atoms with Crippen molar-refractivity contribution in [3.05, 3.63) is 34.6 Å². The number of halogens is 2. The first kappa shape index (κ1) is 13.2. The maximum atomic E-state index is 13.2. The fourth-order valence-corrected chi connectivity index (χ4v) is 3.17. The molecule has 0 amide bonds. The van der Waals surface area contributed by atoms with Crippen molar-refractivity contribution in [1.29, 1.82) is 0 Å². The minimum absolute atomic E-state index is 0.192. The lowest BCUT2D eigenvalue weighted by Crippen LogP contribution is -2.26. The molecule has 17 heavy (non-hydrogen) atoms. The minimum atomic E-state index is -0.334. The minimum Gasteiger partial charge on any atom is -0.310 e. The highest BCUT2D eigenvalue weighted by atomic mass is 35.5. The maximum Gasteiger partial charge on any atom is 0.142 e. The van der Waals surface area contributed by atoms with E-state index in [0.717, 1.165) is 17.4 Å². The molecule has 0 saturated heterocycles. The van der Waals surface area contributed by atoms with Gasteiger partial charge in [0.05, 0.1) is 5.02 Å². The summed E-state index contributed by atoms with van der Waals surface area (Å²) in [6.45, 7) is 0.722. The molecule has 1 saturated carbocycles. The highest BCUT2D eigenvalue weighted by molar-refractivity contribution is 7.99. The number of thioether (sulfide) groups is 1. The molecule has 0 aliphatic heterocycles. The van der Waals surface area contributed by atoms with Crippen molar-refractivity contribution in [3.8, 4) is 0 Å². The van der Waals surface area contributed by atoms with Crippen LogP contribution in [0.2, 0.25) is 5.02 Å². The first-order valence-electron chi connectivity index (χ1n) is 5.89. The Hall–Kier alpha value is -0.250. The quantitative estimate of drug-likeness (QED) is 0.894. The Morgan fingerprint density at radius 3 is 2.94 bits per heavy atom. The van der Waals surface area contributed by atoms with Crippen LogP contribution in [0.3, 0.4) is 0 Å². The largest absolute Gasteiger partial charge is 0.310 e. The molecule has 1 N–H and O–H groups in total. The van der Waals surface area contributed by atoms with E-state index in [1.165, 1.54) is 25.3 Å². The summed E-state index contributed by atoms with van der Waals surface area (Å²) in [5, 5.41) is 4.46. The summed E-state index contributed by atoms with van der Waals surface area (Å²) in [7, 11) is 0. The van der Waals surface area contributed by atoms with Gasteiger partial charge < -0.3 is 5.32 Å². The number of hydrogen-bond acceptors (Lipinski definition) is 2. The summed E-state index contributed by atoms with van der Waals surface area (Å²) in [4.78, 5) is 0. The highest BCUT2D eigenvalue weighted by Crippen LogP contribution is 2.28. The predicted molar refractivity (Wildman–Crippen MR) is 73.2 cm³/mol. The molecule has 2 atom stereocenters. The van der Waals surface area contributed by atoms with Crippen molar-refractivity contribution in [3.63, 3.8) is 0 Å². The molecule has 0 radical (unpaired) electrons. The lowest BCUT2D eigenvalue weighted by Gasteiger charge is -2.12. The molecule has 2 unspecified atom stereocenters. The second-order valence-electron chi connectivity index (χ2n) is 4.50. The molecule has 4 heteroatoms. The van der Waals surface area contributed by atoms with E-state index in [1.54, 1.807) is 6.07 Å². The topological polar surface area (TPSA) is 12.0 Å². The first-order chi connectivity index (χ1) is 8.19. The van der Waals surface area contributed by atoms with Gasteiger partial charge in [0.15, 0.2) is 0 Å². The molecule has 1 fully saturated rings. The second-order valence-corrected chi connectivity index (χ2v) is 6.04. The first-order valence-corrected chi connectivity index (χ1v) is 7.55. The Bertz CT molecular complexity index is 386. The molecular weight excluding hydrogens is 257 g/mol. The fraction of sp³-hybridized carbons (Fsp3) is 0.538. The summed E-state index contributed by atoms with van der Waals surface area (Å²) in [5.74, 6) is -0.334. The van der Waals surface area contributed by atoms with Crippen LogP contribution in [0.4, 0.5) is 4.39 Å². The fourth-order valence-electron chi connectivity index (χ4n) is 2.25. The Morgan fingerprint density at radius 2 is 2.29 bits per heavy atom. The number of rotatable bonds is 4. The zero-order chi connectivity index (χ0) is 12.3. The van der Waals surface area contributed by atoms with E-state index in [0.29, 0.717) is 6.04 Å². The lowest BCUT2D eigenvalue weighted by molar-refractivity contribution is 0.523. The van der Waals surface area contributed by atoms with E-state index in [9.17, 15) is 4.39 Å². The molecule has 1 nitrogen and oxygen atoms in total. The Kier molecular flexibility index (Phi) is 4.71. The average Bonchev–Trinajstić information content (AvgIpc) is 2.79. The van der Waals surface area contributed by atoms with Crippen LogP contribution in [0.1, 0.15) is 24.8 Å². The third-order valence-electron chi connectivity index (χ3n) is 3.30. The van der Waals surface area contributed by atoms with Gasteiger partial charge in [-0.05, 0) is 43.2 Å². The zero-order valence-corrected chi connectivity index (χ0v) is 11.5. The molecule has 1 aliphatic carbocycles. The standard InChI is InChI=1S/C13H17ClFNS/c1-17-11-4-3-10(7-11)16-8-9-2-5-12(14)13(15)6-9/h2,5-6,10-11,16H,3-4,7-8H2,1H3. The molecule has 0 spiro atoms. The Morgan fingerprint density at radius 1 is 1.47 bits per heavy atom. The van der Waals surface area contributed by atoms with Gasteiger partial charge in [0.1, 0.15) is 5.82 Å². The third kappa shape index (κ3) is 3.60. The number of benzene rings is 1. The van der Waals surface area contributed by atoms with Gasteiger partial charge in [0.2, 0.25) is 0 Å². The van der Waals surface area contributed by atoms with E-state index in [2.05, 4.69) is 11.6 Å². The van der Waals surface area contributed by atoms with Gasteiger partial charge in [-0.2, -0.15) is 11.8 Å². The van der Waals surface area contributed by atoms with Crippen LogP contribution in [-0.4, -0.2) is 17.5 Å². The van der Waals surface area contributed by atoms with Crippen LogP contribution in [0.15, 0.2) is 18.2 Å². The van der Waals surface area contributed by atoms with E-state index in [-0.39, 0.29) is 10.8 Å². The van der Waals surface area contributed by atoms with Crippen molar-refractivity contribution in [2.45, 2.75) is 37.1 Å². The van der Waals surface area contributed by atoms with E-state index in [1.807, 2.05) is 17.8 Å². The average molecular weight is 274 g/mol. The Balaban J connectivity index is 1.84. The summed E-state index contributed by atoms with van der Waals surface area (Å²) in [5.41, 5.74) is 0.958. The molecule has 0 bridgehead atoms. The second kappa shape index (κ2) is 6.07. The molecule has 2 rings (SSSR count). The van der Waals surface area contributed by atoms with Gasteiger partial charge in [0, 0.05) is 17.8 Å². The zero-order valence-electron chi connectivity index (χ0n) is 9.88. The number of nitrogens with one attached hydrogen (secondary N) is 1. The molecule has 0 heterocycles. The van der Waals surface area contributed by atoms with E-state index >= 15 is 0 Å². The summed E-state index contributed by atoms with van der Waals surface area (Å²) in [6, 6.07) is 5.58. The van der Waals surface area contributed by atoms with Gasteiger partial charge in [0.25, 0.3) is 0 Å². The van der Waals surface area contributed by atoms with Gasteiger partial charge in [-0.1, -0.05) is 17.7 Å². The Labute approximate surface area is 111 Å². The monoisotopic (exact) mass is 273 g/mol. The molecular formula is C13H17ClFNS. The third-order valence-corrected chi connectivity index (χ3v) is 4.70. The maximum absolute atomic E-state index is 13.2. The van der Waals surface area contributed by atoms with Crippen molar-refractivity contribution < 1.29 is 4.39 Å². The summed E-state index contributed by atoms with van der Waals surface area (Å²) >= 11 is 7.59. The highest BCUT2D eigenvalue weighted by Gasteiger charge is 2.23. The van der Waals surface area contributed by atoms with Gasteiger partial charge in [-0.25, -0.2) is 4.39 Å². The van der Waals surface area contributed by atoms with Gasteiger partial charge >= 0.3 is 0 Å². The van der Waals surface area contributed by atoms with Crippen LogP contribution in [-0.2, 0) is 6.54 Å². The van der Waals surface area contributed by atoms with E-state index in [4.69, 9.17) is 11.6 Å². The van der Waals surface area contributed by atoms with Crippen LogP contribution in [0.5, 0.6) is 0 Å².